The minimum atomic E-state index is -3.67. The van der Waals surface area contributed by atoms with Crippen LogP contribution in [0.4, 0.5) is 5.13 Å². The van der Waals surface area contributed by atoms with Crippen LogP contribution in [0.15, 0.2) is 23.1 Å². The number of amides is 1. The average Bonchev–Trinajstić information content (AvgIpc) is 3.23. The van der Waals surface area contributed by atoms with E-state index in [4.69, 9.17) is 0 Å². The molecule has 2 aliphatic rings. The number of carbonyl (C=O) groups excluding carboxylic acids is 1. The van der Waals surface area contributed by atoms with Crippen molar-refractivity contribution in [3.05, 3.63) is 28.1 Å². The molecule has 3 atom stereocenters. The highest BCUT2D eigenvalue weighted by atomic mass is 32.2. The van der Waals surface area contributed by atoms with Crippen molar-refractivity contribution in [2.75, 3.05) is 4.72 Å². The fraction of sp³-hybridized carbons (Fsp3) is 0.611. The Labute approximate surface area is 164 Å². The molecule has 148 valence electrons. The van der Waals surface area contributed by atoms with E-state index < -0.39 is 10.0 Å². The lowest BCUT2D eigenvalue weighted by atomic mass is 9.83. The Morgan fingerprint density at radius 2 is 2.07 bits per heavy atom. The van der Waals surface area contributed by atoms with Crippen LogP contribution in [0.25, 0.3) is 0 Å². The molecule has 2 aliphatic carbocycles. The summed E-state index contributed by atoms with van der Waals surface area (Å²) in [6.45, 7) is 5.52. The van der Waals surface area contributed by atoms with E-state index in [1.807, 2.05) is 19.9 Å². The largest absolute Gasteiger partial charge is 0.353 e. The zero-order chi connectivity index (χ0) is 19.6. The molecule has 0 spiro atoms. The first kappa shape index (κ1) is 20.0. The molecule has 1 fully saturated rings. The Kier molecular flexibility index (Phi) is 6.00. The summed E-state index contributed by atoms with van der Waals surface area (Å²) in [5.74, 6) is 0.804. The second-order valence-electron chi connectivity index (χ2n) is 7.47. The lowest BCUT2D eigenvalue weighted by Gasteiger charge is -2.28. The molecule has 0 aliphatic heterocycles. The topological polar surface area (TPSA) is 101 Å². The molecule has 2 N–H and O–H groups in total. The van der Waals surface area contributed by atoms with Gasteiger partial charge in [-0.05, 0) is 37.2 Å². The maximum Gasteiger partial charge on any atom is 0.263 e. The summed E-state index contributed by atoms with van der Waals surface area (Å²) in [7, 11) is -3.67. The molecule has 0 bridgehead atoms. The van der Waals surface area contributed by atoms with E-state index in [2.05, 4.69) is 20.2 Å². The summed E-state index contributed by atoms with van der Waals surface area (Å²) in [6, 6.07) is 0.178. The maximum absolute atomic E-state index is 12.6. The van der Waals surface area contributed by atoms with Gasteiger partial charge in [0, 0.05) is 18.9 Å². The molecule has 3 rings (SSSR count). The van der Waals surface area contributed by atoms with Crippen LogP contribution in [-0.4, -0.2) is 30.6 Å². The van der Waals surface area contributed by atoms with Crippen LogP contribution in [0.2, 0.25) is 0 Å². The first-order chi connectivity index (χ1) is 12.8. The van der Waals surface area contributed by atoms with E-state index in [1.165, 1.54) is 11.3 Å². The summed E-state index contributed by atoms with van der Waals surface area (Å²) in [6.07, 6.45) is 9.19. The van der Waals surface area contributed by atoms with Crippen LogP contribution >= 0.6 is 11.3 Å². The van der Waals surface area contributed by atoms with E-state index in [-0.39, 0.29) is 33.8 Å². The summed E-state index contributed by atoms with van der Waals surface area (Å²) in [5.41, 5.74) is 0. The molecule has 7 nitrogen and oxygen atoms in total. The van der Waals surface area contributed by atoms with Crippen LogP contribution in [0.5, 0.6) is 0 Å². The summed E-state index contributed by atoms with van der Waals surface area (Å²) >= 11 is 1.25. The van der Waals surface area contributed by atoms with Crippen molar-refractivity contribution in [2.45, 2.75) is 58.4 Å². The van der Waals surface area contributed by atoms with E-state index in [1.54, 1.807) is 19.1 Å². The predicted octanol–water partition coefficient (Wildman–Crippen LogP) is 3.17. The number of carbonyl (C=O) groups is 1. The highest BCUT2D eigenvalue weighted by Crippen LogP contribution is 2.37. The molecular formula is C18H26N4O3S2. The molecular weight excluding hydrogens is 384 g/mol. The van der Waals surface area contributed by atoms with E-state index >= 15 is 0 Å². The number of anilines is 1. The molecule has 1 heterocycles. The van der Waals surface area contributed by atoms with Crippen molar-refractivity contribution in [1.29, 1.82) is 0 Å². The molecule has 1 aromatic rings. The number of sulfonamides is 1. The number of rotatable bonds is 6. The van der Waals surface area contributed by atoms with Crippen molar-refractivity contribution in [3.8, 4) is 0 Å². The minimum Gasteiger partial charge on any atom is -0.353 e. The van der Waals surface area contributed by atoms with Crippen LogP contribution < -0.4 is 10.0 Å². The standard InChI is InChI=1S/C18H26N4O3S2/c1-11(2)17-20-21-18(26-17)22-27(24,25)14-9-7-13(8-10-14)15-5-4-6-16(15)19-12(3)23/h7,9-11,13,15-16H,4-6,8H2,1-3H3,(H,19,23)(H,21,22)/t13?,15-,16+/m0/s1. The quantitative estimate of drug-likeness (QED) is 0.750. The number of allylic oxidation sites excluding steroid dienone is 3. The second-order valence-corrected chi connectivity index (χ2v) is 10.2. The molecule has 27 heavy (non-hydrogen) atoms. The van der Waals surface area contributed by atoms with Crippen molar-refractivity contribution in [3.63, 3.8) is 0 Å². The molecule has 1 amide bonds. The fourth-order valence-corrected chi connectivity index (χ4v) is 5.81. The van der Waals surface area contributed by atoms with Crippen molar-refractivity contribution in [1.82, 2.24) is 15.5 Å². The molecule has 1 saturated carbocycles. The Bertz CT molecular complexity index is 858. The van der Waals surface area contributed by atoms with Gasteiger partial charge in [0.1, 0.15) is 5.01 Å². The van der Waals surface area contributed by atoms with Crippen molar-refractivity contribution in [2.24, 2.45) is 11.8 Å². The average molecular weight is 411 g/mol. The number of nitrogens with zero attached hydrogens (tertiary/aromatic N) is 2. The smallest absolute Gasteiger partial charge is 0.263 e. The molecule has 9 heteroatoms. The van der Waals surface area contributed by atoms with Gasteiger partial charge in [0.25, 0.3) is 10.0 Å². The van der Waals surface area contributed by atoms with Gasteiger partial charge in [-0.2, -0.15) is 0 Å². The van der Waals surface area contributed by atoms with Gasteiger partial charge >= 0.3 is 0 Å². The normalized spacial score (nSPS) is 25.5. The van der Waals surface area contributed by atoms with Crippen molar-refractivity contribution < 1.29 is 13.2 Å². The highest BCUT2D eigenvalue weighted by Gasteiger charge is 2.34. The van der Waals surface area contributed by atoms with Gasteiger partial charge in [0.2, 0.25) is 11.0 Å². The lowest BCUT2D eigenvalue weighted by Crippen LogP contribution is -2.38. The summed E-state index contributed by atoms with van der Waals surface area (Å²) < 4.78 is 27.8. The van der Waals surface area contributed by atoms with E-state index in [0.717, 1.165) is 24.3 Å². The third-order valence-corrected chi connectivity index (χ3v) is 7.73. The molecule has 0 radical (unpaired) electrons. The first-order valence-electron chi connectivity index (χ1n) is 9.28. The van der Waals surface area contributed by atoms with Gasteiger partial charge in [-0.25, -0.2) is 8.42 Å². The summed E-state index contributed by atoms with van der Waals surface area (Å²) in [5, 5.41) is 12.1. The van der Waals surface area contributed by atoms with Gasteiger partial charge in [0.15, 0.2) is 0 Å². The van der Waals surface area contributed by atoms with E-state index in [9.17, 15) is 13.2 Å². The Morgan fingerprint density at radius 1 is 1.30 bits per heavy atom. The third kappa shape index (κ3) is 4.76. The van der Waals surface area contributed by atoms with Gasteiger partial charge < -0.3 is 5.32 Å². The van der Waals surface area contributed by atoms with Crippen LogP contribution in [0, 0.1) is 11.8 Å². The number of hydrogen-bond donors (Lipinski definition) is 2. The molecule has 1 unspecified atom stereocenters. The van der Waals surface area contributed by atoms with Gasteiger partial charge in [-0.15, -0.1) is 10.2 Å². The van der Waals surface area contributed by atoms with Crippen molar-refractivity contribution >= 4 is 32.4 Å². The SMILES string of the molecule is CC(=O)N[C@@H]1CCC[C@H]1C1C=CC(S(=O)(=O)Nc2nnc(C(C)C)s2)=CC1. The number of hydrogen-bond acceptors (Lipinski definition) is 6. The molecule has 0 saturated heterocycles. The Hall–Kier alpha value is -1.74. The Balaban J connectivity index is 1.65. The van der Waals surface area contributed by atoms with Crippen LogP contribution in [-0.2, 0) is 14.8 Å². The lowest BCUT2D eigenvalue weighted by molar-refractivity contribution is -0.120. The van der Waals surface area contributed by atoms with Crippen LogP contribution in [0.1, 0.15) is 57.4 Å². The molecule has 0 aromatic carbocycles. The molecule has 1 aromatic heterocycles. The third-order valence-electron chi connectivity index (χ3n) is 5.07. The van der Waals surface area contributed by atoms with Gasteiger partial charge in [0.05, 0.1) is 4.91 Å². The van der Waals surface area contributed by atoms with E-state index in [0.29, 0.717) is 12.3 Å². The number of nitrogens with one attached hydrogen (secondary N) is 2. The second kappa shape index (κ2) is 8.10. The number of aromatic nitrogens is 2. The fourth-order valence-electron chi connectivity index (χ4n) is 3.76. The first-order valence-corrected chi connectivity index (χ1v) is 11.6. The predicted molar refractivity (Wildman–Crippen MR) is 107 cm³/mol. The maximum atomic E-state index is 12.6. The zero-order valence-electron chi connectivity index (χ0n) is 15.8. The van der Waals surface area contributed by atoms with Crippen LogP contribution in [0.3, 0.4) is 0 Å². The Morgan fingerprint density at radius 3 is 2.67 bits per heavy atom. The highest BCUT2D eigenvalue weighted by molar-refractivity contribution is 7.96. The van der Waals surface area contributed by atoms with Gasteiger partial charge in [-0.3, -0.25) is 9.52 Å². The zero-order valence-corrected chi connectivity index (χ0v) is 17.4. The van der Waals surface area contributed by atoms with Gasteiger partial charge in [-0.1, -0.05) is 43.8 Å². The minimum absolute atomic E-state index is 0.00692. The summed E-state index contributed by atoms with van der Waals surface area (Å²) in [4.78, 5) is 11.6. The monoisotopic (exact) mass is 410 g/mol.